The summed E-state index contributed by atoms with van der Waals surface area (Å²) in [7, 11) is -4.04. The average molecular weight is 234 g/mol. The van der Waals surface area contributed by atoms with Gasteiger partial charge < -0.3 is 0 Å². The molecule has 86 valence electrons. The van der Waals surface area contributed by atoms with E-state index >= 15 is 0 Å². The highest BCUT2D eigenvalue weighted by molar-refractivity contribution is 7.85. The highest BCUT2D eigenvalue weighted by Crippen LogP contribution is 2.04. The molecule has 0 bridgehead atoms. The van der Waals surface area contributed by atoms with Crippen LogP contribution in [0.4, 0.5) is 0 Å². The van der Waals surface area contributed by atoms with Crippen LogP contribution in [0.25, 0.3) is 0 Å². The van der Waals surface area contributed by atoms with E-state index < -0.39 is 22.0 Å². The predicted molar refractivity (Wildman–Crippen MR) is 53.9 cm³/mol. The SMILES string of the molecule is CCNC(CS(=O)(=O)O)n1cc(C)nn1. The minimum absolute atomic E-state index is 0.427. The van der Waals surface area contributed by atoms with Crippen LogP contribution in [0.15, 0.2) is 6.20 Å². The molecule has 1 unspecified atom stereocenters. The zero-order valence-corrected chi connectivity index (χ0v) is 9.40. The second-order valence-electron chi connectivity index (χ2n) is 3.16. The lowest BCUT2D eigenvalue weighted by molar-refractivity contribution is 0.385. The Labute approximate surface area is 88.2 Å². The summed E-state index contributed by atoms with van der Waals surface area (Å²) >= 11 is 0. The second kappa shape index (κ2) is 4.69. The Kier molecular flexibility index (Phi) is 3.77. The lowest BCUT2D eigenvalue weighted by Crippen LogP contribution is -2.33. The number of nitrogens with one attached hydrogen (secondary N) is 1. The molecule has 2 N–H and O–H groups in total. The van der Waals surface area contributed by atoms with Crippen LogP contribution in [0, 0.1) is 6.92 Å². The molecule has 1 aromatic heterocycles. The number of hydrogen-bond acceptors (Lipinski definition) is 5. The first-order valence-corrected chi connectivity index (χ1v) is 6.10. The summed E-state index contributed by atoms with van der Waals surface area (Å²) < 4.78 is 31.6. The molecule has 15 heavy (non-hydrogen) atoms. The van der Waals surface area contributed by atoms with E-state index in [2.05, 4.69) is 15.6 Å². The Hall–Kier alpha value is -0.990. The Morgan fingerprint density at radius 3 is 2.73 bits per heavy atom. The summed E-state index contributed by atoms with van der Waals surface area (Å²) in [4.78, 5) is 0. The number of nitrogens with zero attached hydrogens (tertiary/aromatic N) is 3. The molecular formula is C7H14N4O3S. The van der Waals surface area contributed by atoms with E-state index in [0.29, 0.717) is 12.2 Å². The van der Waals surface area contributed by atoms with Gasteiger partial charge in [-0.25, -0.2) is 4.68 Å². The Morgan fingerprint density at radius 2 is 2.33 bits per heavy atom. The van der Waals surface area contributed by atoms with Gasteiger partial charge in [0.25, 0.3) is 10.1 Å². The van der Waals surface area contributed by atoms with Gasteiger partial charge in [-0.15, -0.1) is 5.10 Å². The molecule has 0 aliphatic rings. The van der Waals surface area contributed by atoms with Crippen LogP contribution in [0.3, 0.4) is 0 Å². The Balaban J connectivity index is 2.83. The van der Waals surface area contributed by atoms with E-state index in [-0.39, 0.29) is 0 Å². The fourth-order valence-corrected chi connectivity index (χ4v) is 1.85. The van der Waals surface area contributed by atoms with Crippen molar-refractivity contribution in [3.8, 4) is 0 Å². The number of aromatic nitrogens is 3. The molecule has 1 heterocycles. The predicted octanol–water partition coefficient (Wildman–Crippen LogP) is -0.418. The van der Waals surface area contributed by atoms with E-state index in [1.807, 2.05) is 6.92 Å². The smallest absolute Gasteiger partial charge is 0.268 e. The molecular weight excluding hydrogens is 220 g/mol. The number of rotatable bonds is 5. The molecule has 0 fully saturated rings. The van der Waals surface area contributed by atoms with Gasteiger partial charge in [0.2, 0.25) is 0 Å². The molecule has 0 spiro atoms. The zero-order valence-electron chi connectivity index (χ0n) is 8.58. The molecule has 0 saturated heterocycles. The van der Waals surface area contributed by atoms with Crippen molar-refractivity contribution in [1.82, 2.24) is 20.3 Å². The van der Waals surface area contributed by atoms with Crippen molar-refractivity contribution in [3.05, 3.63) is 11.9 Å². The topological polar surface area (TPSA) is 97.1 Å². The van der Waals surface area contributed by atoms with Crippen LogP contribution >= 0.6 is 0 Å². The molecule has 0 radical (unpaired) electrons. The van der Waals surface area contributed by atoms with Gasteiger partial charge in [-0.1, -0.05) is 12.1 Å². The molecule has 0 aliphatic carbocycles. The quantitative estimate of drug-likeness (QED) is 0.672. The van der Waals surface area contributed by atoms with Crippen molar-refractivity contribution in [2.24, 2.45) is 0 Å². The Bertz CT molecular complexity index is 414. The maximum Gasteiger partial charge on any atom is 0.268 e. The van der Waals surface area contributed by atoms with Crippen LogP contribution in [-0.4, -0.2) is 40.3 Å². The van der Waals surface area contributed by atoms with Crippen molar-refractivity contribution in [2.45, 2.75) is 20.0 Å². The zero-order chi connectivity index (χ0) is 11.5. The van der Waals surface area contributed by atoms with E-state index in [9.17, 15) is 8.42 Å². The third-order valence-electron chi connectivity index (χ3n) is 1.75. The van der Waals surface area contributed by atoms with Gasteiger partial charge in [0.1, 0.15) is 11.9 Å². The summed E-state index contributed by atoms with van der Waals surface area (Å²) in [6.45, 7) is 4.15. The van der Waals surface area contributed by atoms with Crippen LogP contribution < -0.4 is 5.32 Å². The van der Waals surface area contributed by atoms with Crippen molar-refractivity contribution in [3.63, 3.8) is 0 Å². The molecule has 0 aromatic carbocycles. The normalized spacial score (nSPS) is 14.1. The van der Waals surface area contributed by atoms with Crippen molar-refractivity contribution in [1.29, 1.82) is 0 Å². The summed E-state index contributed by atoms with van der Waals surface area (Å²) in [5, 5.41) is 10.4. The maximum atomic E-state index is 10.8. The lowest BCUT2D eigenvalue weighted by atomic mass is 10.5. The van der Waals surface area contributed by atoms with Crippen LogP contribution in [-0.2, 0) is 10.1 Å². The van der Waals surface area contributed by atoms with Crippen molar-refractivity contribution in [2.75, 3.05) is 12.3 Å². The highest BCUT2D eigenvalue weighted by atomic mass is 32.2. The first kappa shape index (κ1) is 12.1. The third kappa shape index (κ3) is 3.94. The third-order valence-corrected chi connectivity index (χ3v) is 2.49. The summed E-state index contributed by atoms with van der Waals surface area (Å²) in [6, 6.07) is 0. The van der Waals surface area contributed by atoms with E-state index in [1.54, 1.807) is 13.1 Å². The molecule has 7 nitrogen and oxygen atoms in total. The number of aryl methyl sites for hydroxylation is 1. The first-order valence-electron chi connectivity index (χ1n) is 4.49. The first-order chi connectivity index (χ1) is 6.92. The maximum absolute atomic E-state index is 10.8. The summed E-state index contributed by atoms with van der Waals surface area (Å²) in [5.41, 5.74) is 0.688. The molecule has 1 aromatic rings. The average Bonchev–Trinajstić information content (AvgIpc) is 2.48. The lowest BCUT2D eigenvalue weighted by Gasteiger charge is -2.15. The summed E-state index contributed by atoms with van der Waals surface area (Å²) in [5.74, 6) is -0.427. The minimum Gasteiger partial charge on any atom is -0.295 e. The van der Waals surface area contributed by atoms with E-state index in [4.69, 9.17) is 4.55 Å². The summed E-state index contributed by atoms with van der Waals surface area (Å²) in [6.07, 6.45) is 1.02. The van der Waals surface area contributed by atoms with Gasteiger partial charge in [0.15, 0.2) is 0 Å². The van der Waals surface area contributed by atoms with Crippen LogP contribution in [0.5, 0.6) is 0 Å². The van der Waals surface area contributed by atoms with Gasteiger partial charge in [0, 0.05) is 0 Å². The molecule has 0 aliphatic heterocycles. The van der Waals surface area contributed by atoms with Gasteiger partial charge in [0.05, 0.1) is 11.9 Å². The molecule has 0 saturated carbocycles. The van der Waals surface area contributed by atoms with E-state index in [1.165, 1.54) is 4.68 Å². The van der Waals surface area contributed by atoms with Gasteiger partial charge >= 0.3 is 0 Å². The van der Waals surface area contributed by atoms with Crippen LogP contribution in [0.1, 0.15) is 18.8 Å². The monoisotopic (exact) mass is 234 g/mol. The van der Waals surface area contributed by atoms with Crippen molar-refractivity contribution >= 4 is 10.1 Å². The van der Waals surface area contributed by atoms with Gasteiger partial charge in [-0.05, 0) is 13.5 Å². The molecule has 1 rings (SSSR count). The minimum atomic E-state index is -4.04. The van der Waals surface area contributed by atoms with Crippen LogP contribution in [0.2, 0.25) is 0 Å². The number of hydrogen-bond donors (Lipinski definition) is 2. The molecule has 8 heteroatoms. The largest absolute Gasteiger partial charge is 0.295 e. The van der Waals surface area contributed by atoms with Crippen molar-refractivity contribution < 1.29 is 13.0 Å². The van der Waals surface area contributed by atoms with Gasteiger partial charge in [-0.2, -0.15) is 8.42 Å². The second-order valence-corrected chi connectivity index (χ2v) is 4.66. The highest BCUT2D eigenvalue weighted by Gasteiger charge is 2.18. The molecule has 0 amide bonds. The Morgan fingerprint density at radius 1 is 1.67 bits per heavy atom. The fourth-order valence-electron chi connectivity index (χ4n) is 1.18. The van der Waals surface area contributed by atoms with Gasteiger partial charge in [-0.3, -0.25) is 9.87 Å². The molecule has 1 atom stereocenters. The van der Waals surface area contributed by atoms with E-state index in [0.717, 1.165) is 0 Å². The fraction of sp³-hybridized carbons (Fsp3) is 0.714. The standard InChI is InChI=1S/C7H14N4O3S/c1-3-8-7(5-15(12,13)14)11-4-6(2)9-10-11/h4,7-8H,3,5H2,1-2H3,(H,12,13,14).